The van der Waals surface area contributed by atoms with Crippen LogP contribution in [-0.4, -0.2) is 35.9 Å². The van der Waals surface area contributed by atoms with Crippen molar-refractivity contribution in [2.45, 2.75) is 24.9 Å². The minimum absolute atomic E-state index is 0.0784. The van der Waals surface area contributed by atoms with Crippen LogP contribution >= 0.6 is 0 Å². The van der Waals surface area contributed by atoms with Crippen LogP contribution in [0.15, 0.2) is 54.6 Å². The number of morpholine rings is 1. The summed E-state index contributed by atoms with van der Waals surface area (Å²) in [6.45, 7) is 1.43. The van der Waals surface area contributed by atoms with Crippen molar-refractivity contribution >= 4 is 0 Å². The lowest BCUT2D eigenvalue weighted by Gasteiger charge is -2.39. The van der Waals surface area contributed by atoms with Crippen LogP contribution in [0.3, 0.4) is 0 Å². The summed E-state index contributed by atoms with van der Waals surface area (Å²) in [5.41, 5.74) is 1.23. The van der Waals surface area contributed by atoms with E-state index in [1.165, 1.54) is 12.1 Å². The number of nitrogens with zero attached hydrogens (tertiary/aromatic N) is 1. The molecule has 1 heterocycles. The van der Waals surface area contributed by atoms with Crippen LogP contribution < -0.4 is 0 Å². The van der Waals surface area contributed by atoms with Crippen molar-refractivity contribution in [2.24, 2.45) is 0 Å². The summed E-state index contributed by atoms with van der Waals surface area (Å²) >= 11 is 0. The van der Waals surface area contributed by atoms with Crippen molar-refractivity contribution in [1.82, 2.24) is 4.90 Å². The van der Waals surface area contributed by atoms with Crippen molar-refractivity contribution in [3.63, 3.8) is 0 Å². The first-order valence-electron chi connectivity index (χ1n) is 8.15. The standard InChI is InChI=1S/C19H20F3NO2/c20-19(21,22)16-8-6-15(7-9-16)18-13-25-17(12-24)11-23(18)10-14-4-2-1-3-5-14/h1-9,17-18,24H,10-13H2. The van der Waals surface area contributed by atoms with E-state index in [1.54, 1.807) is 0 Å². The first-order valence-corrected chi connectivity index (χ1v) is 8.15. The van der Waals surface area contributed by atoms with E-state index >= 15 is 0 Å². The molecule has 2 aromatic rings. The number of rotatable bonds is 4. The Morgan fingerprint density at radius 1 is 1.04 bits per heavy atom. The first-order chi connectivity index (χ1) is 12.0. The molecule has 2 aromatic carbocycles. The Kier molecular flexibility index (Phi) is 5.42. The van der Waals surface area contributed by atoms with Crippen molar-refractivity contribution in [3.8, 4) is 0 Å². The lowest BCUT2D eigenvalue weighted by atomic mass is 10.0. The van der Waals surface area contributed by atoms with Crippen molar-refractivity contribution in [2.75, 3.05) is 19.8 Å². The van der Waals surface area contributed by atoms with Gasteiger partial charge in [-0.05, 0) is 23.3 Å². The van der Waals surface area contributed by atoms with E-state index in [0.29, 0.717) is 19.7 Å². The smallest absolute Gasteiger partial charge is 0.394 e. The van der Waals surface area contributed by atoms with Gasteiger partial charge in [0.05, 0.1) is 30.9 Å². The molecule has 0 aromatic heterocycles. The van der Waals surface area contributed by atoms with Gasteiger partial charge in [-0.25, -0.2) is 0 Å². The number of ether oxygens (including phenoxy) is 1. The van der Waals surface area contributed by atoms with E-state index in [0.717, 1.165) is 23.3 Å². The zero-order valence-electron chi connectivity index (χ0n) is 13.6. The quantitative estimate of drug-likeness (QED) is 0.913. The summed E-state index contributed by atoms with van der Waals surface area (Å²) in [7, 11) is 0. The lowest BCUT2D eigenvalue weighted by molar-refractivity contribution is -0.137. The molecule has 134 valence electrons. The fourth-order valence-corrected chi connectivity index (χ4v) is 3.08. The highest BCUT2D eigenvalue weighted by atomic mass is 19.4. The predicted octanol–water partition coefficient (Wildman–Crippen LogP) is 3.64. The van der Waals surface area contributed by atoms with E-state index in [4.69, 9.17) is 4.74 Å². The third kappa shape index (κ3) is 4.39. The van der Waals surface area contributed by atoms with Crippen LogP contribution in [0.2, 0.25) is 0 Å². The highest BCUT2D eigenvalue weighted by molar-refractivity contribution is 5.27. The molecule has 25 heavy (non-hydrogen) atoms. The van der Waals surface area contributed by atoms with Gasteiger partial charge in [-0.15, -0.1) is 0 Å². The molecule has 0 bridgehead atoms. The van der Waals surface area contributed by atoms with Gasteiger partial charge in [-0.2, -0.15) is 13.2 Å². The number of hydrogen-bond acceptors (Lipinski definition) is 3. The van der Waals surface area contributed by atoms with E-state index in [1.807, 2.05) is 30.3 Å². The molecule has 3 nitrogen and oxygen atoms in total. The van der Waals surface area contributed by atoms with Gasteiger partial charge < -0.3 is 9.84 Å². The van der Waals surface area contributed by atoms with Gasteiger partial charge in [0.2, 0.25) is 0 Å². The van der Waals surface area contributed by atoms with E-state index < -0.39 is 11.7 Å². The number of benzene rings is 2. The average Bonchev–Trinajstić information content (AvgIpc) is 2.62. The van der Waals surface area contributed by atoms with Crippen LogP contribution in [0, 0.1) is 0 Å². The fraction of sp³-hybridized carbons (Fsp3) is 0.368. The minimum Gasteiger partial charge on any atom is -0.394 e. The molecule has 1 aliphatic rings. The highest BCUT2D eigenvalue weighted by Crippen LogP contribution is 2.32. The Bertz CT molecular complexity index is 673. The third-order valence-corrected chi connectivity index (χ3v) is 4.42. The van der Waals surface area contributed by atoms with Crippen molar-refractivity contribution in [3.05, 3.63) is 71.3 Å². The fourth-order valence-electron chi connectivity index (χ4n) is 3.08. The SMILES string of the molecule is OCC1CN(Cc2ccccc2)C(c2ccc(C(F)(F)F)cc2)CO1. The Hall–Kier alpha value is -1.89. The number of hydrogen-bond donors (Lipinski definition) is 1. The molecular formula is C19H20F3NO2. The molecule has 2 unspecified atom stereocenters. The van der Waals surface area contributed by atoms with Gasteiger partial charge >= 0.3 is 6.18 Å². The van der Waals surface area contributed by atoms with E-state index in [-0.39, 0.29) is 18.8 Å². The largest absolute Gasteiger partial charge is 0.416 e. The Balaban J connectivity index is 1.81. The molecule has 0 radical (unpaired) electrons. The maximum atomic E-state index is 12.8. The second-order valence-corrected chi connectivity index (χ2v) is 6.19. The molecule has 0 saturated carbocycles. The molecule has 0 aliphatic carbocycles. The summed E-state index contributed by atoms with van der Waals surface area (Å²) in [6.07, 6.45) is -4.62. The topological polar surface area (TPSA) is 32.7 Å². The Morgan fingerprint density at radius 2 is 1.72 bits per heavy atom. The molecule has 0 spiro atoms. The number of alkyl halides is 3. The summed E-state index contributed by atoms with van der Waals surface area (Å²) in [4.78, 5) is 2.14. The van der Waals surface area contributed by atoms with E-state index in [9.17, 15) is 18.3 Å². The summed E-state index contributed by atoms with van der Waals surface area (Å²) in [5.74, 6) is 0. The second kappa shape index (κ2) is 7.56. The Labute approximate surface area is 144 Å². The molecule has 1 fully saturated rings. The van der Waals surface area contributed by atoms with Crippen LogP contribution in [0.4, 0.5) is 13.2 Å². The van der Waals surface area contributed by atoms with Crippen LogP contribution in [-0.2, 0) is 17.5 Å². The van der Waals surface area contributed by atoms with Gasteiger partial charge in [0.15, 0.2) is 0 Å². The minimum atomic E-state index is -4.34. The van der Waals surface area contributed by atoms with Gasteiger partial charge in [-0.3, -0.25) is 4.90 Å². The molecule has 0 amide bonds. The zero-order valence-corrected chi connectivity index (χ0v) is 13.6. The van der Waals surface area contributed by atoms with Gasteiger partial charge in [-0.1, -0.05) is 42.5 Å². The summed E-state index contributed by atoms with van der Waals surface area (Å²) < 4.78 is 43.9. The summed E-state index contributed by atoms with van der Waals surface area (Å²) in [6, 6.07) is 14.9. The monoisotopic (exact) mass is 351 g/mol. The third-order valence-electron chi connectivity index (χ3n) is 4.42. The number of halogens is 3. The Morgan fingerprint density at radius 3 is 2.32 bits per heavy atom. The zero-order chi connectivity index (χ0) is 17.9. The molecule has 2 atom stereocenters. The maximum absolute atomic E-state index is 12.8. The highest BCUT2D eigenvalue weighted by Gasteiger charge is 2.32. The van der Waals surface area contributed by atoms with Crippen molar-refractivity contribution in [1.29, 1.82) is 0 Å². The maximum Gasteiger partial charge on any atom is 0.416 e. The van der Waals surface area contributed by atoms with Crippen LogP contribution in [0.5, 0.6) is 0 Å². The van der Waals surface area contributed by atoms with Gasteiger partial charge in [0.25, 0.3) is 0 Å². The molecular weight excluding hydrogens is 331 g/mol. The second-order valence-electron chi connectivity index (χ2n) is 6.19. The predicted molar refractivity (Wildman–Crippen MR) is 87.9 cm³/mol. The molecule has 3 rings (SSSR count). The average molecular weight is 351 g/mol. The van der Waals surface area contributed by atoms with Gasteiger partial charge in [0, 0.05) is 13.1 Å². The molecule has 6 heteroatoms. The normalized spacial score (nSPS) is 22.1. The first kappa shape index (κ1) is 17.9. The molecule has 1 N–H and O–H groups in total. The lowest BCUT2D eigenvalue weighted by Crippen LogP contribution is -2.45. The number of aliphatic hydroxyl groups excluding tert-OH is 1. The molecule has 1 saturated heterocycles. The molecule has 1 aliphatic heterocycles. The van der Waals surface area contributed by atoms with Gasteiger partial charge in [0.1, 0.15) is 0 Å². The summed E-state index contributed by atoms with van der Waals surface area (Å²) in [5, 5.41) is 9.38. The van der Waals surface area contributed by atoms with Crippen LogP contribution in [0.1, 0.15) is 22.7 Å². The number of aliphatic hydroxyl groups is 1. The van der Waals surface area contributed by atoms with Crippen molar-refractivity contribution < 1.29 is 23.0 Å². The van der Waals surface area contributed by atoms with E-state index in [2.05, 4.69) is 4.90 Å². The van der Waals surface area contributed by atoms with Crippen LogP contribution in [0.25, 0.3) is 0 Å².